The summed E-state index contributed by atoms with van der Waals surface area (Å²) < 4.78 is 25.0. The van der Waals surface area contributed by atoms with Gasteiger partial charge >= 0.3 is 0 Å². The third kappa shape index (κ3) is 4.82. The number of rotatable bonds is 6. The standard InChI is InChI=1S/C21H19FN4O4/c1-29-17-9-3-14(19(11-17)30-2)4-10-20(27)24-25-21(28)18-12-23-13-26(18)16-7-5-15(22)6-8-16/h3-13H,1-2H3,(H,24,27)(H,25,28)/b10-4+. The maximum absolute atomic E-state index is 13.1. The third-order valence-electron chi connectivity index (χ3n) is 4.13. The van der Waals surface area contributed by atoms with E-state index in [4.69, 9.17) is 9.47 Å². The highest BCUT2D eigenvalue weighted by Crippen LogP contribution is 2.25. The molecular formula is C21H19FN4O4. The van der Waals surface area contributed by atoms with E-state index in [0.717, 1.165) is 0 Å². The number of benzene rings is 2. The topological polar surface area (TPSA) is 94.5 Å². The minimum Gasteiger partial charge on any atom is -0.497 e. The number of nitrogens with zero attached hydrogens (tertiary/aromatic N) is 2. The molecule has 1 heterocycles. The Morgan fingerprint density at radius 2 is 1.83 bits per heavy atom. The van der Waals surface area contributed by atoms with Gasteiger partial charge in [0.05, 0.1) is 26.7 Å². The molecule has 8 nitrogen and oxygen atoms in total. The Morgan fingerprint density at radius 1 is 1.07 bits per heavy atom. The molecule has 0 radical (unpaired) electrons. The van der Waals surface area contributed by atoms with E-state index in [2.05, 4.69) is 15.8 Å². The number of nitrogens with one attached hydrogen (secondary N) is 2. The summed E-state index contributed by atoms with van der Waals surface area (Å²) in [7, 11) is 3.05. The Kier molecular flexibility index (Phi) is 6.43. The molecule has 154 valence electrons. The molecule has 3 rings (SSSR count). The maximum Gasteiger partial charge on any atom is 0.288 e. The first-order valence-electron chi connectivity index (χ1n) is 8.80. The van der Waals surface area contributed by atoms with Crippen molar-refractivity contribution in [2.75, 3.05) is 14.2 Å². The predicted octanol–water partition coefficient (Wildman–Crippen LogP) is 2.50. The third-order valence-corrected chi connectivity index (χ3v) is 4.13. The lowest BCUT2D eigenvalue weighted by atomic mass is 10.1. The molecule has 1 aromatic heterocycles. The van der Waals surface area contributed by atoms with Crippen LogP contribution in [0.15, 0.2) is 61.1 Å². The van der Waals surface area contributed by atoms with Crippen LogP contribution >= 0.6 is 0 Å². The number of carbonyl (C=O) groups excluding carboxylic acids is 2. The van der Waals surface area contributed by atoms with Gasteiger partial charge in [0.15, 0.2) is 0 Å². The molecule has 0 saturated heterocycles. The van der Waals surface area contributed by atoms with Gasteiger partial charge in [-0.05, 0) is 42.5 Å². The number of methoxy groups -OCH3 is 2. The summed E-state index contributed by atoms with van der Waals surface area (Å²) in [6, 6.07) is 10.7. The van der Waals surface area contributed by atoms with Gasteiger partial charge in [-0.2, -0.15) is 0 Å². The second-order valence-electron chi connectivity index (χ2n) is 6.01. The number of hydrogen-bond acceptors (Lipinski definition) is 5. The average molecular weight is 410 g/mol. The number of ether oxygens (including phenoxy) is 2. The molecule has 2 N–H and O–H groups in total. The minimum absolute atomic E-state index is 0.169. The van der Waals surface area contributed by atoms with E-state index >= 15 is 0 Å². The number of carbonyl (C=O) groups is 2. The minimum atomic E-state index is -0.583. The average Bonchev–Trinajstić information content (AvgIpc) is 3.26. The molecule has 30 heavy (non-hydrogen) atoms. The van der Waals surface area contributed by atoms with Crippen LogP contribution in [0.25, 0.3) is 11.8 Å². The van der Waals surface area contributed by atoms with E-state index in [1.807, 2.05) is 0 Å². The van der Waals surface area contributed by atoms with E-state index in [9.17, 15) is 14.0 Å². The van der Waals surface area contributed by atoms with Crippen LogP contribution in [0.3, 0.4) is 0 Å². The number of hydrogen-bond donors (Lipinski definition) is 2. The van der Waals surface area contributed by atoms with Gasteiger partial charge in [0.25, 0.3) is 11.8 Å². The van der Waals surface area contributed by atoms with E-state index in [-0.39, 0.29) is 5.69 Å². The lowest BCUT2D eigenvalue weighted by Gasteiger charge is -2.09. The number of aromatic nitrogens is 2. The first-order chi connectivity index (χ1) is 14.5. The highest BCUT2D eigenvalue weighted by molar-refractivity contribution is 5.97. The summed E-state index contributed by atoms with van der Waals surface area (Å²) >= 11 is 0. The van der Waals surface area contributed by atoms with Gasteiger partial charge in [0, 0.05) is 23.4 Å². The summed E-state index contributed by atoms with van der Waals surface area (Å²) in [5.41, 5.74) is 5.99. The molecular weight excluding hydrogens is 391 g/mol. The van der Waals surface area contributed by atoms with Crippen molar-refractivity contribution in [1.82, 2.24) is 20.4 Å². The van der Waals surface area contributed by atoms with Crippen molar-refractivity contribution in [3.63, 3.8) is 0 Å². The molecule has 0 atom stereocenters. The Balaban J connectivity index is 1.63. The SMILES string of the molecule is COc1ccc(/C=C/C(=O)NNC(=O)c2cncn2-c2ccc(F)cc2)c(OC)c1. The lowest BCUT2D eigenvalue weighted by molar-refractivity contribution is -0.117. The highest BCUT2D eigenvalue weighted by Gasteiger charge is 2.13. The molecule has 0 fully saturated rings. The number of hydrazine groups is 1. The fourth-order valence-corrected chi connectivity index (χ4v) is 2.62. The van der Waals surface area contributed by atoms with Crippen molar-refractivity contribution < 1.29 is 23.5 Å². The predicted molar refractivity (Wildman–Crippen MR) is 108 cm³/mol. The van der Waals surface area contributed by atoms with Crippen LogP contribution in [0, 0.1) is 5.82 Å². The summed E-state index contributed by atoms with van der Waals surface area (Å²) in [5, 5.41) is 0. The molecule has 2 aromatic carbocycles. The van der Waals surface area contributed by atoms with Crippen LogP contribution in [0.1, 0.15) is 16.1 Å². The van der Waals surface area contributed by atoms with Crippen molar-refractivity contribution in [2.45, 2.75) is 0 Å². The molecule has 0 aliphatic heterocycles. The van der Waals surface area contributed by atoms with Crippen molar-refractivity contribution in [3.05, 3.63) is 78.1 Å². The van der Waals surface area contributed by atoms with Gasteiger partial charge in [-0.25, -0.2) is 9.37 Å². The van der Waals surface area contributed by atoms with Crippen LogP contribution in [-0.4, -0.2) is 35.6 Å². The molecule has 2 amide bonds. The first kappa shape index (κ1) is 20.6. The van der Waals surface area contributed by atoms with Gasteiger partial charge < -0.3 is 9.47 Å². The van der Waals surface area contributed by atoms with Crippen LogP contribution < -0.4 is 20.3 Å². The quantitative estimate of drug-likeness (QED) is 0.481. The lowest BCUT2D eigenvalue weighted by Crippen LogP contribution is -2.41. The number of imidazole rings is 1. The molecule has 9 heteroatoms. The van der Waals surface area contributed by atoms with Gasteiger partial charge in [-0.1, -0.05) is 0 Å². The molecule has 0 spiro atoms. The van der Waals surface area contributed by atoms with Gasteiger partial charge in [0.1, 0.15) is 23.0 Å². The van der Waals surface area contributed by atoms with Gasteiger partial charge in [-0.15, -0.1) is 0 Å². The molecule has 0 unspecified atom stereocenters. The Morgan fingerprint density at radius 3 is 2.53 bits per heavy atom. The van der Waals surface area contributed by atoms with E-state index in [1.165, 1.54) is 54.5 Å². The van der Waals surface area contributed by atoms with Crippen LogP contribution in [0.4, 0.5) is 4.39 Å². The van der Waals surface area contributed by atoms with E-state index in [1.54, 1.807) is 31.4 Å². The summed E-state index contributed by atoms with van der Waals surface area (Å²) in [4.78, 5) is 28.4. The number of halogens is 1. The Labute approximate surface area is 171 Å². The van der Waals surface area contributed by atoms with Gasteiger partial charge in [0.2, 0.25) is 0 Å². The Bertz CT molecular complexity index is 1080. The molecule has 0 saturated carbocycles. The molecule has 0 aliphatic rings. The molecule has 0 aliphatic carbocycles. The fourth-order valence-electron chi connectivity index (χ4n) is 2.62. The van der Waals surface area contributed by atoms with Crippen molar-refractivity contribution in [3.8, 4) is 17.2 Å². The zero-order chi connectivity index (χ0) is 21.5. The highest BCUT2D eigenvalue weighted by atomic mass is 19.1. The normalized spacial score (nSPS) is 10.6. The summed E-state index contributed by atoms with van der Waals surface area (Å²) in [5.74, 6) is -0.365. The summed E-state index contributed by atoms with van der Waals surface area (Å²) in [6.45, 7) is 0. The van der Waals surface area contributed by atoms with Crippen LogP contribution in [0.5, 0.6) is 11.5 Å². The first-order valence-corrected chi connectivity index (χ1v) is 8.80. The van der Waals surface area contributed by atoms with Gasteiger partial charge in [-0.3, -0.25) is 25.0 Å². The zero-order valence-corrected chi connectivity index (χ0v) is 16.3. The largest absolute Gasteiger partial charge is 0.497 e. The van der Waals surface area contributed by atoms with Crippen molar-refractivity contribution in [2.24, 2.45) is 0 Å². The number of amides is 2. The van der Waals surface area contributed by atoms with Crippen molar-refractivity contribution >= 4 is 17.9 Å². The Hall–Kier alpha value is -4.14. The zero-order valence-electron chi connectivity index (χ0n) is 16.3. The summed E-state index contributed by atoms with van der Waals surface area (Å²) in [6.07, 6.45) is 5.55. The smallest absolute Gasteiger partial charge is 0.288 e. The molecule has 0 bridgehead atoms. The fraction of sp³-hybridized carbons (Fsp3) is 0.0952. The van der Waals surface area contributed by atoms with E-state index in [0.29, 0.717) is 22.7 Å². The second-order valence-corrected chi connectivity index (χ2v) is 6.01. The van der Waals surface area contributed by atoms with Crippen LogP contribution in [-0.2, 0) is 4.79 Å². The monoisotopic (exact) mass is 410 g/mol. The van der Waals surface area contributed by atoms with Crippen LogP contribution in [0.2, 0.25) is 0 Å². The molecule has 3 aromatic rings. The van der Waals surface area contributed by atoms with E-state index < -0.39 is 17.6 Å². The maximum atomic E-state index is 13.1. The van der Waals surface area contributed by atoms with Crippen molar-refractivity contribution in [1.29, 1.82) is 0 Å². The second kappa shape index (κ2) is 9.37.